The molecule has 0 spiro atoms. The van der Waals surface area contributed by atoms with Gasteiger partial charge >= 0.3 is 0 Å². The normalized spacial score (nSPS) is 14.8. The van der Waals surface area contributed by atoms with Crippen molar-refractivity contribution in [1.29, 1.82) is 0 Å². The maximum atomic E-state index is 12.9. The summed E-state index contributed by atoms with van der Waals surface area (Å²) in [5.74, 6) is 0.180. The summed E-state index contributed by atoms with van der Waals surface area (Å²) in [7, 11) is 0. The summed E-state index contributed by atoms with van der Waals surface area (Å²) in [6.07, 6.45) is 2.41. The topological polar surface area (TPSA) is 23.6 Å². The molecule has 0 N–H and O–H groups in total. The maximum Gasteiger partial charge on any atom is 0.241 e. The molecule has 0 bridgehead atoms. The third-order valence-corrected chi connectivity index (χ3v) is 4.39. The van der Waals surface area contributed by atoms with Crippen molar-refractivity contribution < 1.29 is 4.79 Å². The van der Waals surface area contributed by atoms with E-state index >= 15 is 0 Å². The molecule has 3 nitrogen and oxygen atoms in total. The van der Waals surface area contributed by atoms with Gasteiger partial charge in [-0.05, 0) is 50.6 Å². The fraction of sp³-hybridized carbons (Fsp3) is 0.350. The van der Waals surface area contributed by atoms with E-state index in [0.717, 1.165) is 24.3 Å². The van der Waals surface area contributed by atoms with Crippen LogP contribution in [0.1, 0.15) is 24.0 Å². The van der Waals surface area contributed by atoms with E-state index in [-0.39, 0.29) is 5.91 Å². The molecule has 3 rings (SSSR count). The first-order valence-electron chi connectivity index (χ1n) is 8.36. The predicted octanol–water partition coefficient (Wildman–Crippen LogP) is 3.62. The van der Waals surface area contributed by atoms with E-state index < -0.39 is 0 Å². The Morgan fingerprint density at radius 2 is 1.65 bits per heavy atom. The monoisotopic (exact) mass is 308 g/mol. The Kier molecular flexibility index (Phi) is 5.09. The highest BCUT2D eigenvalue weighted by atomic mass is 16.2. The van der Waals surface area contributed by atoms with E-state index in [1.807, 2.05) is 35.2 Å². The zero-order chi connectivity index (χ0) is 16.1. The van der Waals surface area contributed by atoms with E-state index in [0.29, 0.717) is 13.1 Å². The Hall–Kier alpha value is -2.13. The van der Waals surface area contributed by atoms with Gasteiger partial charge in [0.15, 0.2) is 0 Å². The summed E-state index contributed by atoms with van der Waals surface area (Å²) in [6, 6.07) is 18.4. The molecule has 0 aliphatic carbocycles. The molecule has 0 atom stereocenters. The minimum absolute atomic E-state index is 0.180. The lowest BCUT2D eigenvalue weighted by Gasteiger charge is -2.26. The number of hydrogen-bond donors (Lipinski definition) is 0. The predicted molar refractivity (Wildman–Crippen MR) is 94.5 cm³/mol. The Bertz CT molecular complexity index is 630. The number of nitrogens with zero attached hydrogens (tertiary/aromatic N) is 2. The number of carbonyl (C=O) groups excluding carboxylic acids is 1. The van der Waals surface area contributed by atoms with Crippen LogP contribution in [0.25, 0.3) is 0 Å². The number of rotatable bonds is 5. The van der Waals surface area contributed by atoms with Gasteiger partial charge in [-0.25, -0.2) is 0 Å². The van der Waals surface area contributed by atoms with Crippen molar-refractivity contribution in [3.05, 3.63) is 65.7 Å². The van der Waals surface area contributed by atoms with Crippen LogP contribution in [0.2, 0.25) is 0 Å². The lowest BCUT2D eigenvalue weighted by atomic mass is 10.1. The molecule has 120 valence electrons. The number of anilines is 1. The number of hydrogen-bond acceptors (Lipinski definition) is 2. The first-order valence-corrected chi connectivity index (χ1v) is 8.36. The third kappa shape index (κ3) is 4.20. The van der Waals surface area contributed by atoms with Gasteiger partial charge in [-0.1, -0.05) is 48.0 Å². The van der Waals surface area contributed by atoms with Crippen LogP contribution in [0.5, 0.6) is 0 Å². The average Bonchev–Trinajstić information content (AvgIpc) is 3.07. The molecule has 1 heterocycles. The number of aryl methyl sites for hydroxylation is 1. The van der Waals surface area contributed by atoms with Gasteiger partial charge in [0.25, 0.3) is 0 Å². The molecule has 1 amide bonds. The van der Waals surface area contributed by atoms with E-state index in [4.69, 9.17) is 0 Å². The summed E-state index contributed by atoms with van der Waals surface area (Å²) >= 11 is 0. The zero-order valence-corrected chi connectivity index (χ0v) is 13.7. The van der Waals surface area contributed by atoms with E-state index in [2.05, 4.69) is 36.1 Å². The van der Waals surface area contributed by atoms with Gasteiger partial charge in [0.05, 0.1) is 13.1 Å². The second-order valence-corrected chi connectivity index (χ2v) is 6.28. The van der Waals surface area contributed by atoms with Crippen molar-refractivity contribution >= 4 is 11.6 Å². The smallest absolute Gasteiger partial charge is 0.241 e. The molecule has 1 aliphatic rings. The number of benzene rings is 2. The Morgan fingerprint density at radius 1 is 1.00 bits per heavy atom. The van der Waals surface area contributed by atoms with Crippen LogP contribution in [0, 0.1) is 6.92 Å². The standard InChI is InChI=1S/C20H24N2O/c1-17-9-11-19(12-10-17)22(15-18-7-3-2-4-8-18)20(23)16-21-13-5-6-14-21/h2-4,7-12H,5-6,13-16H2,1H3. The molecule has 0 unspecified atom stereocenters. The highest BCUT2D eigenvalue weighted by Crippen LogP contribution is 2.19. The molecule has 2 aromatic carbocycles. The SMILES string of the molecule is Cc1ccc(N(Cc2ccccc2)C(=O)CN2CCCC2)cc1. The molecule has 0 aromatic heterocycles. The largest absolute Gasteiger partial charge is 0.307 e. The van der Waals surface area contributed by atoms with Crippen LogP contribution in [0.4, 0.5) is 5.69 Å². The third-order valence-electron chi connectivity index (χ3n) is 4.39. The lowest BCUT2D eigenvalue weighted by Crippen LogP contribution is -2.39. The van der Waals surface area contributed by atoms with Crippen LogP contribution in [0.15, 0.2) is 54.6 Å². The van der Waals surface area contributed by atoms with Crippen molar-refractivity contribution in [3.8, 4) is 0 Å². The summed E-state index contributed by atoms with van der Waals surface area (Å²) in [4.78, 5) is 17.0. The van der Waals surface area contributed by atoms with Gasteiger partial charge in [-0.15, -0.1) is 0 Å². The van der Waals surface area contributed by atoms with Crippen LogP contribution in [0.3, 0.4) is 0 Å². The highest BCUT2D eigenvalue weighted by Gasteiger charge is 2.21. The van der Waals surface area contributed by atoms with E-state index in [1.165, 1.54) is 18.4 Å². The molecule has 3 heteroatoms. The molecular formula is C20H24N2O. The van der Waals surface area contributed by atoms with Gasteiger partial charge < -0.3 is 4.90 Å². The number of carbonyl (C=O) groups is 1. The van der Waals surface area contributed by atoms with Gasteiger partial charge in [-0.2, -0.15) is 0 Å². The summed E-state index contributed by atoms with van der Waals surface area (Å²) in [5.41, 5.74) is 3.34. The van der Waals surface area contributed by atoms with Crippen LogP contribution < -0.4 is 4.90 Å². The summed E-state index contributed by atoms with van der Waals surface area (Å²) in [6.45, 7) is 5.28. The molecule has 1 aliphatic heterocycles. The van der Waals surface area contributed by atoms with Crippen molar-refractivity contribution in [1.82, 2.24) is 4.90 Å². The molecular weight excluding hydrogens is 284 g/mol. The number of likely N-dealkylation sites (tertiary alicyclic amines) is 1. The second kappa shape index (κ2) is 7.42. The van der Waals surface area contributed by atoms with Crippen molar-refractivity contribution in [2.45, 2.75) is 26.3 Å². The fourth-order valence-corrected chi connectivity index (χ4v) is 3.03. The quantitative estimate of drug-likeness (QED) is 0.842. The van der Waals surface area contributed by atoms with Gasteiger partial charge in [-0.3, -0.25) is 9.69 Å². The summed E-state index contributed by atoms with van der Waals surface area (Å²) < 4.78 is 0. The zero-order valence-electron chi connectivity index (χ0n) is 13.7. The van der Waals surface area contributed by atoms with Gasteiger partial charge in [0, 0.05) is 5.69 Å². The van der Waals surface area contributed by atoms with Gasteiger partial charge in [0.2, 0.25) is 5.91 Å². The Balaban J connectivity index is 1.79. The maximum absolute atomic E-state index is 12.9. The molecule has 0 saturated carbocycles. The summed E-state index contributed by atoms with van der Waals surface area (Å²) in [5, 5.41) is 0. The molecule has 1 fully saturated rings. The minimum atomic E-state index is 0.180. The van der Waals surface area contributed by atoms with E-state index in [1.54, 1.807) is 0 Å². The van der Waals surface area contributed by atoms with Crippen LogP contribution in [-0.2, 0) is 11.3 Å². The fourth-order valence-electron chi connectivity index (χ4n) is 3.03. The first-order chi connectivity index (χ1) is 11.2. The second-order valence-electron chi connectivity index (χ2n) is 6.28. The Morgan fingerprint density at radius 3 is 2.30 bits per heavy atom. The first kappa shape index (κ1) is 15.8. The van der Waals surface area contributed by atoms with Crippen molar-refractivity contribution in [2.75, 3.05) is 24.5 Å². The van der Waals surface area contributed by atoms with Crippen LogP contribution >= 0.6 is 0 Å². The highest BCUT2D eigenvalue weighted by molar-refractivity contribution is 5.94. The Labute approximate surface area is 138 Å². The minimum Gasteiger partial charge on any atom is -0.307 e. The van der Waals surface area contributed by atoms with Crippen LogP contribution in [-0.4, -0.2) is 30.4 Å². The molecule has 2 aromatic rings. The number of amides is 1. The average molecular weight is 308 g/mol. The molecule has 1 saturated heterocycles. The van der Waals surface area contributed by atoms with Gasteiger partial charge in [0.1, 0.15) is 0 Å². The molecule has 0 radical (unpaired) electrons. The van der Waals surface area contributed by atoms with E-state index in [9.17, 15) is 4.79 Å². The molecule has 23 heavy (non-hydrogen) atoms. The lowest BCUT2D eigenvalue weighted by molar-refractivity contribution is -0.119. The van der Waals surface area contributed by atoms with Crippen molar-refractivity contribution in [2.24, 2.45) is 0 Å². The van der Waals surface area contributed by atoms with Crippen molar-refractivity contribution in [3.63, 3.8) is 0 Å².